The molecule has 38 heavy (non-hydrogen) atoms. The lowest BCUT2D eigenvalue weighted by Gasteiger charge is -2.33. The van der Waals surface area contributed by atoms with Crippen LogP contribution in [-0.2, 0) is 0 Å². The Morgan fingerprint density at radius 1 is 0.474 bits per heavy atom. The fourth-order valence-corrected chi connectivity index (χ4v) is 5.90. The summed E-state index contributed by atoms with van der Waals surface area (Å²) in [5.74, 6) is 0. The van der Waals surface area contributed by atoms with Crippen molar-refractivity contribution in [2.45, 2.75) is 0 Å². The first-order valence-electron chi connectivity index (χ1n) is 12.9. The summed E-state index contributed by atoms with van der Waals surface area (Å²) in [6, 6.07) is 47.6. The van der Waals surface area contributed by atoms with Gasteiger partial charge < -0.3 is 9.47 Å². The van der Waals surface area contributed by atoms with Gasteiger partial charge in [0.1, 0.15) is 0 Å². The summed E-state index contributed by atoms with van der Waals surface area (Å²) in [4.78, 5) is 7.11. The zero-order valence-corrected chi connectivity index (χ0v) is 20.6. The summed E-state index contributed by atoms with van der Waals surface area (Å²) in [6.07, 6.45) is 1.86. The number of nitrogens with zero attached hydrogens (tertiary/aromatic N) is 3. The monoisotopic (exact) mass is 485 g/mol. The average Bonchev–Trinajstić information content (AvgIpc) is 3.34. The minimum atomic E-state index is 0.962. The SMILES string of the molecule is c1ccc(-c2cc(-c3ccccn3)cc(N3c4ccccc4-n4c5ccccc5c5cccc3c54)c2)cc1. The van der Waals surface area contributed by atoms with Crippen molar-refractivity contribution >= 4 is 38.9 Å². The molecule has 1 aliphatic heterocycles. The van der Waals surface area contributed by atoms with E-state index in [2.05, 4.69) is 131 Å². The van der Waals surface area contributed by atoms with Gasteiger partial charge >= 0.3 is 0 Å². The maximum atomic E-state index is 4.70. The van der Waals surface area contributed by atoms with Crippen molar-refractivity contribution in [3.63, 3.8) is 0 Å². The molecule has 0 aliphatic carbocycles. The molecule has 8 rings (SSSR count). The van der Waals surface area contributed by atoms with E-state index in [0.717, 1.165) is 22.6 Å². The zero-order valence-electron chi connectivity index (χ0n) is 20.6. The van der Waals surface area contributed by atoms with Crippen LogP contribution in [0.4, 0.5) is 17.1 Å². The van der Waals surface area contributed by atoms with Crippen LogP contribution < -0.4 is 4.90 Å². The predicted molar refractivity (Wildman–Crippen MR) is 158 cm³/mol. The van der Waals surface area contributed by atoms with Gasteiger partial charge in [0.05, 0.1) is 33.8 Å². The Labute approximate surface area is 220 Å². The third-order valence-electron chi connectivity index (χ3n) is 7.52. The van der Waals surface area contributed by atoms with Gasteiger partial charge in [-0.25, -0.2) is 0 Å². The summed E-state index contributed by atoms with van der Waals surface area (Å²) in [5, 5.41) is 2.54. The normalized spacial score (nSPS) is 12.2. The summed E-state index contributed by atoms with van der Waals surface area (Å²) in [5.41, 5.74) is 11.5. The number of para-hydroxylation sites is 4. The minimum Gasteiger partial charge on any atom is -0.306 e. The lowest BCUT2D eigenvalue weighted by Crippen LogP contribution is -2.18. The van der Waals surface area contributed by atoms with E-state index in [0.29, 0.717) is 0 Å². The van der Waals surface area contributed by atoms with Gasteiger partial charge in [-0.15, -0.1) is 0 Å². The Bertz CT molecular complexity index is 1910. The first-order chi connectivity index (χ1) is 18.9. The van der Waals surface area contributed by atoms with Crippen LogP contribution in [0, 0.1) is 0 Å². The van der Waals surface area contributed by atoms with Gasteiger partial charge in [0.25, 0.3) is 0 Å². The van der Waals surface area contributed by atoms with Crippen LogP contribution in [0.25, 0.3) is 49.9 Å². The van der Waals surface area contributed by atoms with Gasteiger partial charge in [0, 0.05) is 28.2 Å². The molecule has 0 amide bonds. The van der Waals surface area contributed by atoms with Crippen LogP contribution in [-0.4, -0.2) is 9.55 Å². The third-order valence-corrected chi connectivity index (χ3v) is 7.52. The quantitative estimate of drug-likeness (QED) is 0.249. The van der Waals surface area contributed by atoms with E-state index in [1.165, 1.54) is 44.3 Å². The van der Waals surface area contributed by atoms with Gasteiger partial charge in [0.2, 0.25) is 0 Å². The zero-order chi connectivity index (χ0) is 25.1. The molecular formula is C35H23N3. The molecule has 0 atom stereocenters. The highest BCUT2D eigenvalue weighted by molar-refractivity contribution is 6.16. The number of pyridine rings is 1. The van der Waals surface area contributed by atoms with E-state index in [1.807, 2.05) is 18.3 Å². The Balaban J connectivity index is 1.46. The number of hydrogen-bond acceptors (Lipinski definition) is 2. The Kier molecular flexibility index (Phi) is 4.52. The second-order valence-corrected chi connectivity index (χ2v) is 9.70. The maximum absolute atomic E-state index is 4.70. The molecular weight excluding hydrogens is 462 g/mol. The molecule has 3 nitrogen and oxygen atoms in total. The number of anilines is 3. The number of rotatable bonds is 3. The van der Waals surface area contributed by atoms with Crippen molar-refractivity contribution in [1.82, 2.24) is 9.55 Å². The highest BCUT2D eigenvalue weighted by Gasteiger charge is 2.28. The van der Waals surface area contributed by atoms with E-state index < -0.39 is 0 Å². The van der Waals surface area contributed by atoms with E-state index >= 15 is 0 Å². The fourth-order valence-electron chi connectivity index (χ4n) is 5.90. The molecule has 0 unspecified atom stereocenters. The van der Waals surface area contributed by atoms with Crippen LogP contribution >= 0.6 is 0 Å². The lowest BCUT2D eigenvalue weighted by molar-refractivity contribution is 1.11. The van der Waals surface area contributed by atoms with Gasteiger partial charge in [0.15, 0.2) is 0 Å². The molecule has 3 heterocycles. The predicted octanol–water partition coefficient (Wildman–Crippen LogP) is 9.30. The summed E-state index contributed by atoms with van der Waals surface area (Å²) in [7, 11) is 0. The van der Waals surface area contributed by atoms with E-state index in [-0.39, 0.29) is 0 Å². The van der Waals surface area contributed by atoms with Gasteiger partial charge in [-0.2, -0.15) is 0 Å². The van der Waals surface area contributed by atoms with Crippen molar-refractivity contribution < 1.29 is 0 Å². The Morgan fingerprint density at radius 2 is 1.18 bits per heavy atom. The second-order valence-electron chi connectivity index (χ2n) is 9.70. The topological polar surface area (TPSA) is 21.1 Å². The molecule has 0 spiro atoms. The Hall–Kier alpha value is -5.15. The van der Waals surface area contributed by atoms with Crippen LogP contribution in [0.15, 0.2) is 140 Å². The third kappa shape index (κ3) is 3.06. The van der Waals surface area contributed by atoms with Crippen molar-refractivity contribution in [2.24, 2.45) is 0 Å². The van der Waals surface area contributed by atoms with E-state index in [4.69, 9.17) is 4.98 Å². The first kappa shape index (κ1) is 21.0. The number of hydrogen-bond donors (Lipinski definition) is 0. The highest BCUT2D eigenvalue weighted by Crippen LogP contribution is 2.50. The molecule has 3 heteroatoms. The lowest BCUT2D eigenvalue weighted by atomic mass is 9.98. The molecule has 2 aromatic heterocycles. The molecule has 0 fully saturated rings. The van der Waals surface area contributed by atoms with Crippen molar-refractivity contribution in [3.05, 3.63) is 140 Å². The largest absolute Gasteiger partial charge is 0.306 e. The molecule has 5 aromatic carbocycles. The standard InChI is InChI=1S/C35H23N3/c1-2-11-24(12-3-1)25-21-26(30-15-8-9-20-36-30)23-27(22-25)37-32-17-6-7-18-33(32)38-31-16-5-4-13-28(31)29-14-10-19-34(37)35(29)38/h1-23H. The van der Waals surface area contributed by atoms with Crippen LogP contribution in [0.3, 0.4) is 0 Å². The van der Waals surface area contributed by atoms with Gasteiger partial charge in [-0.1, -0.05) is 78.9 Å². The van der Waals surface area contributed by atoms with Crippen molar-refractivity contribution in [3.8, 4) is 28.1 Å². The summed E-state index contributed by atoms with van der Waals surface area (Å²) >= 11 is 0. The van der Waals surface area contributed by atoms with Crippen LogP contribution in [0.2, 0.25) is 0 Å². The van der Waals surface area contributed by atoms with Crippen LogP contribution in [0.1, 0.15) is 0 Å². The fraction of sp³-hybridized carbons (Fsp3) is 0. The molecule has 0 saturated heterocycles. The molecule has 0 radical (unpaired) electrons. The van der Waals surface area contributed by atoms with E-state index in [9.17, 15) is 0 Å². The van der Waals surface area contributed by atoms with Crippen LogP contribution in [0.5, 0.6) is 0 Å². The Morgan fingerprint density at radius 3 is 2.05 bits per heavy atom. The number of fused-ring (bicyclic) bond motifs is 5. The van der Waals surface area contributed by atoms with E-state index in [1.54, 1.807) is 0 Å². The average molecular weight is 486 g/mol. The highest BCUT2D eigenvalue weighted by atomic mass is 15.2. The molecule has 0 N–H and O–H groups in total. The minimum absolute atomic E-state index is 0.962. The smallest absolute Gasteiger partial charge is 0.0783 e. The molecule has 178 valence electrons. The summed E-state index contributed by atoms with van der Waals surface area (Å²) in [6.45, 7) is 0. The second kappa shape index (κ2) is 8.19. The van der Waals surface area contributed by atoms with Gasteiger partial charge in [-0.05, 0) is 65.7 Å². The van der Waals surface area contributed by atoms with Gasteiger partial charge in [-0.3, -0.25) is 4.98 Å². The number of aromatic nitrogens is 2. The van der Waals surface area contributed by atoms with Crippen molar-refractivity contribution in [1.29, 1.82) is 0 Å². The first-order valence-corrected chi connectivity index (χ1v) is 12.9. The molecule has 7 aromatic rings. The number of benzene rings is 5. The molecule has 0 saturated carbocycles. The molecule has 0 bridgehead atoms. The maximum Gasteiger partial charge on any atom is 0.0783 e. The molecule has 1 aliphatic rings. The summed E-state index contributed by atoms with van der Waals surface area (Å²) < 4.78 is 2.42. The van der Waals surface area contributed by atoms with Crippen molar-refractivity contribution in [2.75, 3.05) is 4.90 Å².